The minimum atomic E-state index is -1.55. The molecule has 4 rings (SSSR count). The Bertz CT molecular complexity index is 1080. The van der Waals surface area contributed by atoms with Crippen LogP contribution in [0, 0.1) is 5.21 Å². The van der Waals surface area contributed by atoms with Crippen molar-refractivity contribution in [2.75, 3.05) is 13.9 Å². The molecular formula is C17H12NNaO8. The van der Waals surface area contributed by atoms with Gasteiger partial charge in [0.2, 0.25) is 6.79 Å². The summed E-state index contributed by atoms with van der Waals surface area (Å²) in [7, 11) is 1.38. The van der Waals surface area contributed by atoms with E-state index >= 15 is 0 Å². The average molecular weight is 381 g/mol. The van der Waals surface area contributed by atoms with E-state index in [0.29, 0.717) is 10.8 Å². The van der Waals surface area contributed by atoms with Gasteiger partial charge < -0.3 is 34.4 Å². The minimum Gasteiger partial charge on any atom is -0.595 e. The van der Waals surface area contributed by atoms with Crippen LogP contribution in [0.2, 0.25) is 0 Å². The van der Waals surface area contributed by atoms with Crippen LogP contribution >= 0.6 is 0 Å². The second-order valence-corrected chi connectivity index (χ2v) is 5.67. The standard InChI is InChI=1S/C17H13NO8.Na/c1-24-12-3-7(19)2-9-8(12)4-11(18(22)23)14-10(17(20)21)5-13-16(15(9)14)26-6-25-13;/h2-5,18-19,22H,6H2,1H3,(H,20,21);/q;+1/p-1. The maximum atomic E-state index is 11.8. The number of methoxy groups -OCH3 is 1. The smallest absolute Gasteiger partial charge is 0.595 e. The number of phenolic OH excluding ortho intramolecular Hbond substituents is 1. The molecule has 1 heterocycles. The number of benzene rings is 3. The first kappa shape index (κ1) is 19.5. The summed E-state index contributed by atoms with van der Waals surface area (Å²) in [4.78, 5) is 11.6. The number of ether oxygens (including phenoxy) is 3. The Morgan fingerprint density at radius 2 is 1.93 bits per heavy atom. The van der Waals surface area contributed by atoms with Crippen molar-refractivity contribution in [3.63, 3.8) is 0 Å². The molecule has 9 nitrogen and oxygen atoms in total. The number of nitrogens with one attached hydrogen (secondary N) is 1. The van der Waals surface area contributed by atoms with E-state index in [9.17, 15) is 25.4 Å². The van der Waals surface area contributed by atoms with Crippen molar-refractivity contribution in [2.45, 2.75) is 0 Å². The van der Waals surface area contributed by atoms with Crippen molar-refractivity contribution >= 4 is 33.2 Å². The molecule has 134 valence electrons. The van der Waals surface area contributed by atoms with Crippen LogP contribution in [-0.4, -0.2) is 30.2 Å². The molecule has 1 atom stereocenters. The van der Waals surface area contributed by atoms with E-state index in [1.54, 1.807) is 0 Å². The Morgan fingerprint density at radius 3 is 2.56 bits per heavy atom. The Labute approximate surface area is 174 Å². The van der Waals surface area contributed by atoms with Crippen molar-refractivity contribution in [1.82, 2.24) is 0 Å². The summed E-state index contributed by atoms with van der Waals surface area (Å²) in [5.74, 6) is -1.10. The molecule has 1 unspecified atom stereocenters. The number of quaternary nitrogens is 1. The van der Waals surface area contributed by atoms with Crippen LogP contribution in [0.25, 0.3) is 21.5 Å². The van der Waals surface area contributed by atoms with E-state index < -0.39 is 11.2 Å². The molecule has 0 aliphatic carbocycles. The number of phenols is 1. The average Bonchev–Trinajstić information content (AvgIpc) is 3.07. The van der Waals surface area contributed by atoms with Gasteiger partial charge in [-0.05, 0) is 12.1 Å². The normalized spacial score (nSPS) is 13.4. The van der Waals surface area contributed by atoms with E-state index in [1.165, 1.54) is 31.4 Å². The fraction of sp³-hybridized carbons (Fsp3) is 0.118. The number of carboxylic acids is 1. The third kappa shape index (κ3) is 2.94. The Balaban J connectivity index is 0.00000210. The first-order valence-corrected chi connectivity index (χ1v) is 7.47. The van der Waals surface area contributed by atoms with Crippen molar-refractivity contribution in [2.24, 2.45) is 0 Å². The Morgan fingerprint density at radius 1 is 1.19 bits per heavy atom. The van der Waals surface area contributed by atoms with Gasteiger partial charge in [0.25, 0.3) is 0 Å². The zero-order valence-electron chi connectivity index (χ0n) is 14.4. The molecule has 0 fully saturated rings. The first-order chi connectivity index (χ1) is 12.4. The SMILES string of the molecule is COc1cc(O)cc2c1cc([NH+]([O-])O)c1c(C(=O)[O-])cc3c(c12)OCO3.[Na+]. The maximum absolute atomic E-state index is 11.8. The van der Waals surface area contributed by atoms with E-state index in [1.807, 2.05) is 0 Å². The number of fused-ring (bicyclic) bond motifs is 5. The number of aromatic hydroxyl groups is 1. The number of carbonyl (C=O) groups is 1. The quantitative estimate of drug-likeness (QED) is 0.252. The maximum Gasteiger partial charge on any atom is 1.00 e. The molecule has 0 amide bonds. The molecule has 0 radical (unpaired) electrons. The monoisotopic (exact) mass is 381 g/mol. The number of aromatic carboxylic acids is 1. The Kier molecular flexibility index (Phi) is 5.08. The number of carboxylic acid groups (broad SMARTS) is 1. The van der Waals surface area contributed by atoms with Gasteiger partial charge in [-0.15, -0.1) is 0 Å². The van der Waals surface area contributed by atoms with Gasteiger partial charge >= 0.3 is 29.6 Å². The van der Waals surface area contributed by atoms with E-state index in [-0.39, 0.29) is 81.4 Å². The summed E-state index contributed by atoms with van der Waals surface area (Å²) in [6.07, 6.45) is 0. The van der Waals surface area contributed by atoms with Crippen LogP contribution in [0.15, 0.2) is 24.3 Å². The minimum absolute atomic E-state index is 0. The number of hydrogen-bond acceptors (Lipinski definition) is 8. The van der Waals surface area contributed by atoms with Crippen molar-refractivity contribution in [3.05, 3.63) is 35.0 Å². The third-order valence-electron chi connectivity index (χ3n) is 4.29. The summed E-state index contributed by atoms with van der Waals surface area (Å²) in [6, 6.07) is 5.19. The predicted octanol–water partition coefficient (Wildman–Crippen LogP) is -2.79. The van der Waals surface area contributed by atoms with Crippen LogP contribution in [0.4, 0.5) is 5.69 Å². The van der Waals surface area contributed by atoms with Gasteiger partial charge in [-0.25, -0.2) is 5.21 Å². The van der Waals surface area contributed by atoms with Crippen LogP contribution < -0.4 is 54.1 Å². The summed E-state index contributed by atoms with van der Waals surface area (Å²) in [5, 5.41) is 42.7. The topological polar surface area (TPSA) is 136 Å². The van der Waals surface area contributed by atoms with Crippen molar-refractivity contribution in [3.8, 4) is 23.0 Å². The third-order valence-corrected chi connectivity index (χ3v) is 4.29. The predicted molar refractivity (Wildman–Crippen MR) is 85.9 cm³/mol. The Hall–Kier alpha value is -2.27. The molecule has 10 heteroatoms. The largest absolute Gasteiger partial charge is 1.00 e. The number of hydrogen-bond donors (Lipinski definition) is 3. The molecule has 0 spiro atoms. The fourth-order valence-corrected chi connectivity index (χ4v) is 3.26. The zero-order valence-corrected chi connectivity index (χ0v) is 16.4. The molecular weight excluding hydrogens is 369 g/mol. The zero-order chi connectivity index (χ0) is 18.6. The second-order valence-electron chi connectivity index (χ2n) is 5.67. The fourth-order valence-electron chi connectivity index (χ4n) is 3.26. The van der Waals surface area contributed by atoms with Gasteiger partial charge in [-0.2, -0.15) is 5.23 Å². The second kappa shape index (κ2) is 7.04. The molecule has 1 aliphatic heterocycles. The summed E-state index contributed by atoms with van der Waals surface area (Å²) < 4.78 is 16.0. The van der Waals surface area contributed by atoms with Crippen LogP contribution in [0.3, 0.4) is 0 Å². The van der Waals surface area contributed by atoms with Gasteiger partial charge in [0.05, 0.1) is 18.5 Å². The molecule has 3 N–H and O–H groups in total. The summed E-state index contributed by atoms with van der Waals surface area (Å²) in [5.41, 5.74) is -0.597. The van der Waals surface area contributed by atoms with E-state index in [0.717, 1.165) is 0 Å². The molecule has 0 aromatic heterocycles. The first-order valence-electron chi connectivity index (χ1n) is 7.47. The van der Waals surface area contributed by atoms with Crippen LogP contribution in [-0.2, 0) is 0 Å². The molecule has 0 saturated heterocycles. The summed E-state index contributed by atoms with van der Waals surface area (Å²) >= 11 is 0. The van der Waals surface area contributed by atoms with E-state index in [4.69, 9.17) is 14.2 Å². The molecule has 1 aliphatic rings. The number of carbonyl (C=O) groups excluding carboxylic acids is 1. The van der Waals surface area contributed by atoms with Crippen LogP contribution in [0.5, 0.6) is 23.0 Å². The molecule has 27 heavy (non-hydrogen) atoms. The summed E-state index contributed by atoms with van der Waals surface area (Å²) in [6.45, 7) is -0.143. The number of rotatable bonds is 3. The van der Waals surface area contributed by atoms with E-state index in [2.05, 4.69) is 0 Å². The van der Waals surface area contributed by atoms with Gasteiger partial charge in [0.1, 0.15) is 11.5 Å². The molecule has 3 aromatic carbocycles. The van der Waals surface area contributed by atoms with Crippen LogP contribution in [0.1, 0.15) is 10.4 Å². The van der Waals surface area contributed by atoms with Gasteiger partial charge in [0, 0.05) is 33.9 Å². The molecule has 3 aromatic rings. The molecule has 0 bridgehead atoms. The van der Waals surface area contributed by atoms with Gasteiger partial charge in [-0.3, -0.25) is 0 Å². The van der Waals surface area contributed by atoms with Crippen molar-refractivity contribution in [1.29, 1.82) is 0 Å². The molecule has 0 saturated carbocycles. The van der Waals surface area contributed by atoms with Gasteiger partial charge in [-0.1, -0.05) is 0 Å². The van der Waals surface area contributed by atoms with Gasteiger partial charge in [0.15, 0.2) is 17.2 Å². The van der Waals surface area contributed by atoms with Crippen molar-refractivity contribution < 1.29 is 69.2 Å².